The number of anilines is 2. The molecule has 0 saturated carbocycles. The van der Waals surface area contributed by atoms with Crippen LogP contribution in [0.15, 0.2) is 41.3 Å². The van der Waals surface area contributed by atoms with Crippen molar-refractivity contribution < 1.29 is 27.4 Å². The van der Waals surface area contributed by atoms with E-state index in [4.69, 9.17) is 25.8 Å². The van der Waals surface area contributed by atoms with Gasteiger partial charge in [-0.2, -0.15) is 4.31 Å². The molecule has 1 fully saturated rings. The highest BCUT2D eigenvalue weighted by atomic mass is 35.5. The van der Waals surface area contributed by atoms with Crippen LogP contribution < -0.4 is 20.1 Å². The first-order chi connectivity index (χ1) is 14.8. The van der Waals surface area contributed by atoms with Gasteiger partial charge in [-0.05, 0) is 18.2 Å². The van der Waals surface area contributed by atoms with Gasteiger partial charge in [0.1, 0.15) is 16.4 Å². The van der Waals surface area contributed by atoms with Crippen LogP contribution in [-0.4, -0.2) is 65.7 Å². The fourth-order valence-electron chi connectivity index (χ4n) is 3.00. The Balaban J connectivity index is 1.68. The molecule has 1 amide bonds. The number of nitrogens with zero attached hydrogens (tertiary/aromatic N) is 1. The molecule has 0 radical (unpaired) electrons. The molecule has 0 atom stereocenters. The third kappa shape index (κ3) is 5.79. The lowest BCUT2D eigenvalue weighted by molar-refractivity contribution is -0.114. The van der Waals surface area contributed by atoms with Gasteiger partial charge in [0, 0.05) is 42.7 Å². The molecule has 0 aliphatic carbocycles. The summed E-state index contributed by atoms with van der Waals surface area (Å²) in [4.78, 5) is 12.3. The molecule has 2 aromatic carbocycles. The lowest BCUT2D eigenvalue weighted by atomic mass is 10.2. The predicted octanol–water partition coefficient (Wildman–Crippen LogP) is 2.43. The maximum Gasteiger partial charge on any atom is 0.244 e. The number of ether oxygens (including phenoxy) is 3. The topological polar surface area (TPSA) is 106 Å². The van der Waals surface area contributed by atoms with Crippen LogP contribution in [0.3, 0.4) is 0 Å². The number of carbonyl (C=O) groups excluding carboxylic acids is 1. The van der Waals surface area contributed by atoms with E-state index in [1.807, 2.05) is 0 Å². The molecule has 1 heterocycles. The number of carbonyl (C=O) groups is 1. The van der Waals surface area contributed by atoms with Crippen LogP contribution >= 0.6 is 11.6 Å². The van der Waals surface area contributed by atoms with Crippen LogP contribution in [0, 0.1) is 0 Å². The molecule has 11 heteroatoms. The van der Waals surface area contributed by atoms with Gasteiger partial charge in [0.15, 0.2) is 0 Å². The summed E-state index contributed by atoms with van der Waals surface area (Å²) < 4.78 is 42.8. The minimum Gasteiger partial charge on any atom is -0.497 e. The molecular formula is C20H24ClN3O6S. The number of benzene rings is 2. The average molecular weight is 470 g/mol. The summed E-state index contributed by atoms with van der Waals surface area (Å²) in [6.45, 7) is 1.12. The number of morpholine rings is 1. The first kappa shape index (κ1) is 23.1. The maximum atomic E-state index is 12.9. The molecule has 0 bridgehead atoms. The Bertz CT molecular complexity index is 1020. The maximum absolute atomic E-state index is 12.9. The van der Waals surface area contributed by atoms with Gasteiger partial charge in [-0.25, -0.2) is 8.42 Å². The lowest BCUT2D eigenvalue weighted by Crippen LogP contribution is -2.40. The van der Waals surface area contributed by atoms with Crippen molar-refractivity contribution in [2.75, 3.05) is 57.7 Å². The smallest absolute Gasteiger partial charge is 0.244 e. The molecule has 1 aliphatic rings. The second kappa shape index (κ2) is 10.2. The van der Waals surface area contributed by atoms with E-state index < -0.39 is 10.0 Å². The molecule has 0 unspecified atom stereocenters. The largest absolute Gasteiger partial charge is 0.497 e. The molecule has 168 valence electrons. The summed E-state index contributed by atoms with van der Waals surface area (Å²) in [5.41, 5.74) is 0.962. The van der Waals surface area contributed by atoms with Crippen molar-refractivity contribution in [2.45, 2.75) is 4.90 Å². The highest BCUT2D eigenvalue weighted by Gasteiger charge is 2.28. The van der Waals surface area contributed by atoms with Crippen molar-refractivity contribution in [2.24, 2.45) is 0 Å². The van der Waals surface area contributed by atoms with Crippen molar-refractivity contribution in [3.63, 3.8) is 0 Å². The summed E-state index contributed by atoms with van der Waals surface area (Å²) >= 11 is 6.16. The quantitative estimate of drug-likeness (QED) is 0.611. The van der Waals surface area contributed by atoms with Crippen molar-refractivity contribution in [3.05, 3.63) is 41.4 Å². The minimum absolute atomic E-state index is 0.0148. The number of rotatable bonds is 8. The zero-order chi connectivity index (χ0) is 22.4. The van der Waals surface area contributed by atoms with Crippen LogP contribution in [-0.2, 0) is 19.6 Å². The van der Waals surface area contributed by atoms with Gasteiger partial charge in [-0.1, -0.05) is 11.6 Å². The molecule has 3 rings (SSSR count). The molecule has 2 aromatic rings. The Morgan fingerprint density at radius 1 is 1.06 bits per heavy atom. The second-order valence-corrected chi connectivity index (χ2v) is 8.98. The molecule has 31 heavy (non-hydrogen) atoms. The van der Waals surface area contributed by atoms with E-state index in [0.29, 0.717) is 36.1 Å². The molecule has 0 spiro atoms. The number of hydrogen-bond donors (Lipinski definition) is 2. The molecule has 1 saturated heterocycles. The minimum atomic E-state index is -3.76. The van der Waals surface area contributed by atoms with Crippen molar-refractivity contribution in [1.82, 2.24) is 4.31 Å². The summed E-state index contributed by atoms with van der Waals surface area (Å²) in [7, 11) is -0.727. The Morgan fingerprint density at radius 2 is 1.71 bits per heavy atom. The Labute approximate surface area is 186 Å². The van der Waals surface area contributed by atoms with Gasteiger partial charge >= 0.3 is 0 Å². The highest BCUT2D eigenvalue weighted by molar-refractivity contribution is 7.89. The fraction of sp³-hybridized carbons (Fsp3) is 0.350. The molecule has 9 nitrogen and oxygen atoms in total. The van der Waals surface area contributed by atoms with Crippen LogP contribution in [0.1, 0.15) is 0 Å². The first-order valence-corrected chi connectivity index (χ1v) is 11.3. The van der Waals surface area contributed by atoms with Crippen LogP contribution in [0.4, 0.5) is 11.4 Å². The number of amides is 1. The first-order valence-electron chi connectivity index (χ1n) is 9.47. The number of methoxy groups -OCH3 is 2. The summed E-state index contributed by atoms with van der Waals surface area (Å²) in [6, 6.07) is 9.54. The molecule has 2 N–H and O–H groups in total. The monoisotopic (exact) mass is 469 g/mol. The predicted molar refractivity (Wildman–Crippen MR) is 118 cm³/mol. The van der Waals surface area contributed by atoms with Gasteiger partial charge in [-0.3, -0.25) is 4.79 Å². The molecule has 0 aromatic heterocycles. The van der Waals surface area contributed by atoms with E-state index in [0.717, 1.165) is 0 Å². The highest BCUT2D eigenvalue weighted by Crippen LogP contribution is 2.28. The second-order valence-electron chi connectivity index (χ2n) is 6.66. The standard InChI is InChI=1S/C20H24ClN3O6S/c1-28-16-9-15(10-17(12-16)29-2)23-20(25)13-22-14-3-4-18(21)19(11-14)31(26,27)24-5-7-30-8-6-24/h3-4,9-12,22H,5-8,13H2,1-2H3,(H,23,25). The number of nitrogens with one attached hydrogen (secondary N) is 2. The number of hydrogen-bond acceptors (Lipinski definition) is 7. The lowest BCUT2D eigenvalue weighted by Gasteiger charge is -2.26. The SMILES string of the molecule is COc1cc(NC(=O)CNc2ccc(Cl)c(S(=O)(=O)N3CCOCC3)c2)cc(OC)c1. The van der Waals surface area contributed by atoms with Gasteiger partial charge in [-0.15, -0.1) is 0 Å². The van der Waals surface area contributed by atoms with E-state index in [-0.39, 0.29) is 35.5 Å². The van der Waals surface area contributed by atoms with Gasteiger partial charge in [0.2, 0.25) is 15.9 Å². The normalized spacial score (nSPS) is 14.7. The van der Waals surface area contributed by atoms with E-state index >= 15 is 0 Å². The third-order valence-corrected chi connectivity index (χ3v) is 6.99. The van der Waals surface area contributed by atoms with E-state index in [1.54, 1.807) is 24.3 Å². The van der Waals surface area contributed by atoms with Crippen molar-refractivity contribution >= 4 is 38.9 Å². The van der Waals surface area contributed by atoms with Crippen LogP contribution in [0.5, 0.6) is 11.5 Å². The van der Waals surface area contributed by atoms with Crippen molar-refractivity contribution in [1.29, 1.82) is 0 Å². The zero-order valence-electron chi connectivity index (χ0n) is 17.2. The van der Waals surface area contributed by atoms with Gasteiger partial charge < -0.3 is 24.8 Å². The number of sulfonamides is 1. The van der Waals surface area contributed by atoms with Gasteiger partial charge in [0.05, 0.1) is 39.0 Å². The van der Waals surface area contributed by atoms with Gasteiger partial charge in [0.25, 0.3) is 0 Å². The van der Waals surface area contributed by atoms with E-state index in [9.17, 15) is 13.2 Å². The zero-order valence-corrected chi connectivity index (χ0v) is 18.8. The third-order valence-electron chi connectivity index (χ3n) is 4.61. The van der Waals surface area contributed by atoms with Crippen LogP contribution in [0.25, 0.3) is 0 Å². The Morgan fingerprint density at radius 3 is 2.32 bits per heavy atom. The summed E-state index contributed by atoms with van der Waals surface area (Å²) in [6.07, 6.45) is 0. The Kier molecular flexibility index (Phi) is 7.60. The Hall–Kier alpha value is -2.53. The summed E-state index contributed by atoms with van der Waals surface area (Å²) in [5.74, 6) is 0.749. The average Bonchev–Trinajstić information content (AvgIpc) is 2.78. The molecular weight excluding hydrogens is 446 g/mol. The summed E-state index contributed by atoms with van der Waals surface area (Å²) in [5, 5.41) is 5.78. The van der Waals surface area contributed by atoms with E-state index in [1.165, 1.54) is 30.7 Å². The van der Waals surface area contributed by atoms with E-state index in [2.05, 4.69) is 10.6 Å². The van der Waals surface area contributed by atoms with Crippen molar-refractivity contribution in [3.8, 4) is 11.5 Å². The van der Waals surface area contributed by atoms with Crippen LogP contribution in [0.2, 0.25) is 5.02 Å². The molecule has 1 aliphatic heterocycles. The number of halogens is 1. The fourth-order valence-corrected chi connectivity index (χ4v) is 4.91.